The number of carbonyl (C=O) groups excluding carboxylic acids is 1. The maximum Gasteiger partial charge on any atom is 0.266 e. The first-order chi connectivity index (χ1) is 15.4. The van der Waals surface area contributed by atoms with Gasteiger partial charge in [-0.3, -0.25) is 4.79 Å². The summed E-state index contributed by atoms with van der Waals surface area (Å²) in [5, 5.41) is 16.0. The zero-order valence-corrected chi connectivity index (χ0v) is 19.6. The van der Waals surface area contributed by atoms with Crippen LogP contribution in [0.25, 0.3) is 0 Å². The van der Waals surface area contributed by atoms with E-state index in [1.807, 2.05) is 19.1 Å². The topological polar surface area (TPSA) is 101 Å². The molecule has 1 fully saturated rings. The number of carbonyl (C=O) groups is 1. The van der Waals surface area contributed by atoms with E-state index in [1.165, 1.54) is 0 Å². The van der Waals surface area contributed by atoms with Crippen molar-refractivity contribution in [3.05, 3.63) is 35.2 Å². The molecule has 0 unspecified atom stereocenters. The molecule has 1 atom stereocenters. The lowest BCUT2D eigenvalue weighted by molar-refractivity contribution is 0.0921. The molecule has 3 rings (SSSR count). The summed E-state index contributed by atoms with van der Waals surface area (Å²) in [4.78, 5) is 19.0. The number of aliphatic hydroxyl groups excluding tert-OH is 1. The van der Waals surface area contributed by atoms with Crippen LogP contribution in [0.3, 0.4) is 0 Å². The number of aryl methyl sites for hydroxylation is 1. The Bertz CT molecular complexity index is 875. The first-order valence-corrected chi connectivity index (χ1v) is 11.6. The Hall–Kier alpha value is -2.61. The Kier molecular flexibility index (Phi) is 8.50. The smallest absolute Gasteiger partial charge is 0.266 e. The number of piperidine rings is 1. The van der Waals surface area contributed by atoms with Crippen LogP contribution in [0.15, 0.2) is 22.7 Å². The number of anilines is 1. The molecule has 0 spiro atoms. The van der Waals surface area contributed by atoms with Gasteiger partial charge in [0.1, 0.15) is 5.75 Å². The molecule has 1 aliphatic rings. The van der Waals surface area contributed by atoms with Crippen molar-refractivity contribution in [1.29, 1.82) is 0 Å². The molecule has 1 amide bonds. The van der Waals surface area contributed by atoms with Crippen molar-refractivity contribution in [2.45, 2.75) is 65.3 Å². The van der Waals surface area contributed by atoms with Crippen LogP contribution in [0, 0.1) is 12.8 Å². The monoisotopic (exact) mass is 444 g/mol. The second-order valence-corrected chi connectivity index (χ2v) is 9.04. The Labute approximate surface area is 190 Å². The van der Waals surface area contributed by atoms with Gasteiger partial charge in [0.2, 0.25) is 5.89 Å². The van der Waals surface area contributed by atoms with Gasteiger partial charge in [0.25, 0.3) is 11.9 Å². The van der Waals surface area contributed by atoms with Gasteiger partial charge in [0, 0.05) is 30.6 Å². The summed E-state index contributed by atoms with van der Waals surface area (Å²) >= 11 is 0. The first kappa shape index (κ1) is 24.0. The Morgan fingerprint density at radius 3 is 2.69 bits per heavy atom. The predicted octanol–water partition coefficient (Wildman–Crippen LogP) is 3.69. The average molecular weight is 445 g/mol. The molecule has 8 heteroatoms. The van der Waals surface area contributed by atoms with Gasteiger partial charge in [0.15, 0.2) is 0 Å². The molecule has 0 aliphatic carbocycles. The molecule has 1 aromatic heterocycles. The summed E-state index contributed by atoms with van der Waals surface area (Å²) in [6.07, 6.45) is 4.39. The van der Waals surface area contributed by atoms with Gasteiger partial charge < -0.3 is 24.6 Å². The number of hydrogen-bond donors (Lipinski definition) is 2. The minimum atomic E-state index is -0.269. The molecule has 1 saturated heterocycles. The quantitative estimate of drug-likeness (QED) is 0.539. The number of aromatic nitrogens is 2. The third-order valence-electron chi connectivity index (χ3n) is 5.94. The Morgan fingerprint density at radius 1 is 1.31 bits per heavy atom. The third-order valence-corrected chi connectivity index (χ3v) is 5.94. The number of amides is 1. The molecule has 1 aromatic carbocycles. The zero-order chi connectivity index (χ0) is 23.1. The average Bonchev–Trinajstić information content (AvgIpc) is 3.28. The highest BCUT2D eigenvalue weighted by atomic mass is 16.5. The fraction of sp³-hybridized carbons (Fsp3) is 0.625. The summed E-state index contributed by atoms with van der Waals surface area (Å²) < 4.78 is 11.2. The van der Waals surface area contributed by atoms with Crippen LogP contribution in [0.2, 0.25) is 0 Å². The second-order valence-electron chi connectivity index (χ2n) is 9.04. The van der Waals surface area contributed by atoms with Crippen LogP contribution in [-0.4, -0.2) is 53.5 Å². The fourth-order valence-electron chi connectivity index (χ4n) is 3.90. The molecular weight excluding hydrogens is 408 g/mol. The summed E-state index contributed by atoms with van der Waals surface area (Å²) in [7, 11) is 0. The van der Waals surface area contributed by atoms with Gasteiger partial charge in [-0.1, -0.05) is 13.8 Å². The maximum absolute atomic E-state index is 12.2. The van der Waals surface area contributed by atoms with Crippen molar-refractivity contribution < 1.29 is 19.2 Å². The SMILES string of the molecule is Cc1cc(OCCCC2CCN(c3noc(C(C)C)n3)CC2)ccc1C(=O)N[C@H](C)CO. The van der Waals surface area contributed by atoms with Gasteiger partial charge in [-0.15, -0.1) is 0 Å². The lowest BCUT2D eigenvalue weighted by Gasteiger charge is -2.30. The number of nitrogens with one attached hydrogen (secondary N) is 1. The van der Waals surface area contributed by atoms with Crippen molar-refractivity contribution >= 4 is 11.9 Å². The van der Waals surface area contributed by atoms with Crippen molar-refractivity contribution in [3.63, 3.8) is 0 Å². The van der Waals surface area contributed by atoms with Gasteiger partial charge in [-0.05, 0) is 74.4 Å². The highest BCUT2D eigenvalue weighted by Crippen LogP contribution is 2.26. The third kappa shape index (κ3) is 6.45. The van der Waals surface area contributed by atoms with E-state index in [0.717, 1.165) is 50.1 Å². The minimum absolute atomic E-state index is 0.0822. The van der Waals surface area contributed by atoms with Crippen LogP contribution in [0.4, 0.5) is 5.95 Å². The summed E-state index contributed by atoms with van der Waals surface area (Å²) in [5.41, 5.74) is 1.46. The molecular formula is C24H36N4O4. The molecule has 0 radical (unpaired) electrons. The molecule has 176 valence electrons. The van der Waals surface area contributed by atoms with E-state index in [2.05, 4.69) is 34.2 Å². The van der Waals surface area contributed by atoms with E-state index < -0.39 is 0 Å². The Balaban J connectivity index is 1.37. The van der Waals surface area contributed by atoms with Crippen LogP contribution < -0.4 is 15.0 Å². The molecule has 2 N–H and O–H groups in total. The van der Waals surface area contributed by atoms with Crippen LogP contribution in [0.5, 0.6) is 5.75 Å². The number of ether oxygens (including phenoxy) is 1. The van der Waals surface area contributed by atoms with Gasteiger partial charge in [-0.25, -0.2) is 0 Å². The molecule has 1 aliphatic heterocycles. The molecule has 0 saturated carbocycles. The van der Waals surface area contributed by atoms with E-state index >= 15 is 0 Å². The van der Waals surface area contributed by atoms with Crippen molar-refractivity contribution in [3.8, 4) is 5.75 Å². The highest BCUT2D eigenvalue weighted by Gasteiger charge is 2.23. The lowest BCUT2D eigenvalue weighted by atomic mass is 9.92. The standard InChI is InChI=1S/C24H36N4O4/c1-16(2)23-26-24(27-32-23)28-11-9-19(10-12-28)6-5-13-31-20-7-8-21(17(3)14-20)22(30)25-18(4)15-29/h7-8,14,16,18-19,29H,5-6,9-13,15H2,1-4H3,(H,25,30)/t18-/m1/s1. The van der Waals surface area contributed by atoms with E-state index in [0.29, 0.717) is 29.9 Å². The minimum Gasteiger partial charge on any atom is -0.494 e. The van der Waals surface area contributed by atoms with Gasteiger partial charge >= 0.3 is 0 Å². The van der Waals surface area contributed by atoms with Crippen molar-refractivity contribution in [2.75, 3.05) is 31.2 Å². The van der Waals surface area contributed by atoms with E-state index in [9.17, 15) is 4.79 Å². The van der Waals surface area contributed by atoms with Crippen molar-refractivity contribution in [1.82, 2.24) is 15.5 Å². The van der Waals surface area contributed by atoms with Gasteiger partial charge in [0.05, 0.1) is 13.2 Å². The predicted molar refractivity (Wildman–Crippen MR) is 123 cm³/mol. The van der Waals surface area contributed by atoms with Crippen LogP contribution in [0.1, 0.15) is 74.2 Å². The van der Waals surface area contributed by atoms with Gasteiger partial charge in [-0.2, -0.15) is 4.98 Å². The van der Waals surface area contributed by atoms with E-state index in [1.54, 1.807) is 13.0 Å². The van der Waals surface area contributed by atoms with Crippen molar-refractivity contribution in [2.24, 2.45) is 5.92 Å². The molecule has 2 heterocycles. The molecule has 8 nitrogen and oxygen atoms in total. The number of aliphatic hydroxyl groups is 1. The summed E-state index contributed by atoms with van der Waals surface area (Å²) in [6, 6.07) is 5.24. The first-order valence-electron chi connectivity index (χ1n) is 11.6. The summed E-state index contributed by atoms with van der Waals surface area (Å²) in [5.74, 6) is 2.95. The lowest BCUT2D eigenvalue weighted by Crippen LogP contribution is -2.35. The number of benzene rings is 1. The zero-order valence-electron chi connectivity index (χ0n) is 19.6. The largest absolute Gasteiger partial charge is 0.494 e. The van der Waals surface area contributed by atoms with E-state index in [-0.39, 0.29) is 24.5 Å². The number of nitrogens with zero attached hydrogens (tertiary/aromatic N) is 3. The molecule has 2 aromatic rings. The molecule has 0 bridgehead atoms. The molecule has 32 heavy (non-hydrogen) atoms. The Morgan fingerprint density at radius 2 is 2.06 bits per heavy atom. The highest BCUT2D eigenvalue weighted by molar-refractivity contribution is 5.95. The van der Waals surface area contributed by atoms with Crippen LogP contribution in [-0.2, 0) is 0 Å². The maximum atomic E-state index is 12.2. The number of rotatable bonds is 10. The van der Waals surface area contributed by atoms with E-state index in [4.69, 9.17) is 14.4 Å². The van der Waals surface area contributed by atoms with Crippen LogP contribution >= 0.6 is 0 Å². The number of hydrogen-bond acceptors (Lipinski definition) is 7. The fourth-order valence-corrected chi connectivity index (χ4v) is 3.90. The second kappa shape index (κ2) is 11.3. The summed E-state index contributed by atoms with van der Waals surface area (Å²) in [6.45, 7) is 10.3. The normalized spacial score (nSPS) is 15.8.